The average Bonchev–Trinajstić information content (AvgIpc) is 3.51. The minimum Gasteiger partial charge on any atom is -0.465 e. The normalized spacial score (nSPS) is 38.4. The SMILES string of the molecule is C[C@]12C[C@H](CCCC=C3CC3)C3c4ccc(OC5CCCCO5)cc4CCC3C1CCC21OCCO1. The van der Waals surface area contributed by atoms with Crippen LogP contribution in [0.5, 0.6) is 5.75 Å². The highest BCUT2D eigenvalue weighted by molar-refractivity contribution is 5.41. The van der Waals surface area contributed by atoms with E-state index in [1.54, 1.807) is 11.1 Å². The lowest BCUT2D eigenvalue weighted by molar-refractivity contribution is -0.242. The van der Waals surface area contributed by atoms with E-state index in [-0.39, 0.29) is 17.5 Å². The molecule has 0 radical (unpaired) electrons. The number of fused-ring (bicyclic) bond motifs is 6. The van der Waals surface area contributed by atoms with Crippen LogP contribution in [0.15, 0.2) is 29.8 Å². The summed E-state index contributed by atoms with van der Waals surface area (Å²) in [5.41, 5.74) is 4.97. The van der Waals surface area contributed by atoms with Gasteiger partial charge in [-0.1, -0.05) is 24.6 Å². The summed E-state index contributed by atoms with van der Waals surface area (Å²) >= 11 is 0. The van der Waals surface area contributed by atoms with Gasteiger partial charge >= 0.3 is 0 Å². The Kier molecular flexibility index (Phi) is 6.22. The van der Waals surface area contributed by atoms with Gasteiger partial charge in [0.05, 0.1) is 19.8 Å². The predicted octanol–water partition coefficient (Wildman–Crippen LogP) is 7.31. The molecule has 0 aromatic heterocycles. The van der Waals surface area contributed by atoms with Crippen LogP contribution in [0, 0.1) is 23.2 Å². The summed E-state index contributed by atoms with van der Waals surface area (Å²) in [6, 6.07) is 7.02. The Morgan fingerprint density at radius 1 is 1.03 bits per heavy atom. The van der Waals surface area contributed by atoms with Crippen LogP contribution in [-0.4, -0.2) is 31.9 Å². The van der Waals surface area contributed by atoms with Crippen molar-refractivity contribution >= 4 is 0 Å². The summed E-state index contributed by atoms with van der Waals surface area (Å²) in [6.45, 7) is 4.89. The van der Waals surface area contributed by atoms with Gasteiger partial charge in [0.15, 0.2) is 12.1 Å². The standard InChI is InChI=1S/C32H44O4/c1-31-21-24(7-3-2-6-22-9-10-22)30-26-14-12-25(36-29-8-4-5-17-33-29)20-23(26)11-13-27(30)28(31)15-16-32(31)34-18-19-35-32/h6,12,14,20,24,27-30H,2-5,7-11,13,15-19,21H2,1H3/t24-,27?,28?,29?,30?,31-/m0/s1. The molecule has 196 valence electrons. The van der Waals surface area contributed by atoms with Gasteiger partial charge < -0.3 is 18.9 Å². The molecule has 2 saturated heterocycles. The van der Waals surface area contributed by atoms with Crippen molar-refractivity contribution in [1.29, 1.82) is 0 Å². The Balaban J connectivity index is 1.16. The number of hydrogen-bond acceptors (Lipinski definition) is 4. The van der Waals surface area contributed by atoms with Crippen molar-refractivity contribution in [3.8, 4) is 5.75 Å². The Hall–Kier alpha value is -1.36. The summed E-state index contributed by atoms with van der Waals surface area (Å²) in [5.74, 6) is 3.48. The third-order valence-electron chi connectivity index (χ3n) is 10.8. The largest absolute Gasteiger partial charge is 0.465 e. The molecular weight excluding hydrogens is 448 g/mol. The zero-order chi connectivity index (χ0) is 24.2. The summed E-state index contributed by atoms with van der Waals surface area (Å²) in [4.78, 5) is 0. The molecule has 5 fully saturated rings. The van der Waals surface area contributed by atoms with E-state index in [1.165, 1.54) is 69.8 Å². The Morgan fingerprint density at radius 2 is 1.92 bits per heavy atom. The van der Waals surface area contributed by atoms with Gasteiger partial charge in [0.1, 0.15) is 5.75 Å². The first-order valence-electron chi connectivity index (χ1n) is 15.0. The van der Waals surface area contributed by atoms with Crippen LogP contribution in [0.3, 0.4) is 0 Å². The molecule has 3 saturated carbocycles. The number of rotatable bonds is 6. The quantitative estimate of drug-likeness (QED) is 0.308. The smallest absolute Gasteiger partial charge is 0.199 e. The summed E-state index contributed by atoms with van der Waals surface area (Å²) in [6.07, 6.45) is 18.4. The maximum atomic E-state index is 6.46. The number of unbranched alkanes of at least 4 members (excludes halogenated alkanes) is 1. The Bertz CT molecular complexity index is 982. The van der Waals surface area contributed by atoms with Gasteiger partial charge in [0, 0.05) is 18.3 Å². The van der Waals surface area contributed by atoms with E-state index in [4.69, 9.17) is 18.9 Å². The van der Waals surface area contributed by atoms with Crippen LogP contribution >= 0.6 is 0 Å². The highest BCUT2D eigenvalue weighted by Crippen LogP contribution is 2.68. The second-order valence-corrected chi connectivity index (χ2v) is 12.8. The van der Waals surface area contributed by atoms with Crippen molar-refractivity contribution in [2.75, 3.05) is 19.8 Å². The second kappa shape index (κ2) is 9.43. The van der Waals surface area contributed by atoms with Crippen LogP contribution in [0.2, 0.25) is 0 Å². The van der Waals surface area contributed by atoms with E-state index in [1.807, 2.05) is 0 Å². The topological polar surface area (TPSA) is 36.9 Å². The van der Waals surface area contributed by atoms with Crippen molar-refractivity contribution in [3.05, 3.63) is 41.0 Å². The Labute approximate surface area is 217 Å². The molecule has 6 aliphatic rings. The van der Waals surface area contributed by atoms with Crippen LogP contribution in [0.25, 0.3) is 0 Å². The highest BCUT2D eigenvalue weighted by Gasteiger charge is 2.66. The third-order valence-corrected chi connectivity index (χ3v) is 10.8. The summed E-state index contributed by atoms with van der Waals surface area (Å²) < 4.78 is 25.1. The number of benzene rings is 1. The molecule has 0 amide bonds. The molecule has 4 heteroatoms. The van der Waals surface area contributed by atoms with E-state index in [0.717, 1.165) is 50.8 Å². The van der Waals surface area contributed by atoms with Crippen LogP contribution < -0.4 is 4.74 Å². The lowest BCUT2D eigenvalue weighted by Crippen LogP contribution is -2.54. The molecule has 2 aliphatic heterocycles. The van der Waals surface area contributed by atoms with Gasteiger partial charge in [-0.25, -0.2) is 0 Å². The predicted molar refractivity (Wildman–Crippen MR) is 140 cm³/mol. The molecule has 7 rings (SSSR count). The average molecular weight is 493 g/mol. The highest BCUT2D eigenvalue weighted by atomic mass is 16.7. The van der Waals surface area contributed by atoms with E-state index in [2.05, 4.69) is 31.2 Å². The minimum atomic E-state index is -0.325. The lowest BCUT2D eigenvalue weighted by Gasteiger charge is -2.56. The molecule has 1 aromatic rings. The molecule has 4 aliphatic carbocycles. The molecule has 1 aromatic carbocycles. The number of allylic oxidation sites excluding steroid dienone is 2. The van der Waals surface area contributed by atoms with Crippen molar-refractivity contribution in [2.45, 2.75) is 108 Å². The van der Waals surface area contributed by atoms with Crippen LogP contribution in [0.4, 0.5) is 0 Å². The molecule has 6 atom stereocenters. The maximum absolute atomic E-state index is 6.46. The first kappa shape index (κ1) is 23.7. The maximum Gasteiger partial charge on any atom is 0.199 e. The van der Waals surface area contributed by atoms with Crippen LogP contribution in [-0.2, 0) is 20.6 Å². The summed E-state index contributed by atoms with van der Waals surface area (Å²) in [7, 11) is 0. The van der Waals surface area contributed by atoms with Crippen LogP contribution in [0.1, 0.15) is 101 Å². The van der Waals surface area contributed by atoms with Crippen molar-refractivity contribution in [1.82, 2.24) is 0 Å². The number of ether oxygens (including phenoxy) is 4. The molecule has 4 unspecified atom stereocenters. The zero-order valence-corrected chi connectivity index (χ0v) is 22.1. The van der Waals surface area contributed by atoms with Crippen molar-refractivity contribution < 1.29 is 18.9 Å². The Morgan fingerprint density at radius 3 is 2.72 bits per heavy atom. The number of aryl methyl sites for hydroxylation is 1. The zero-order valence-electron chi connectivity index (χ0n) is 22.1. The number of hydrogen-bond donors (Lipinski definition) is 0. The van der Waals surface area contributed by atoms with Gasteiger partial charge in [-0.05, 0) is 118 Å². The molecule has 1 spiro atoms. The summed E-state index contributed by atoms with van der Waals surface area (Å²) in [5, 5.41) is 0. The van der Waals surface area contributed by atoms with E-state index in [0.29, 0.717) is 17.8 Å². The van der Waals surface area contributed by atoms with E-state index < -0.39 is 0 Å². The van der Waals surface area contributed by atoms with E-state index >= 15 is 0 Å². The molecule has 36 heavy (non-hydrogen) atoms. The molecule has 4 nitrogen and oxygen atoms in total. The lowest BCUT2D eigenvalue weighted by atomic mass is 9.50. The first-order valence-corrected chi connectivity index (χ1v) is 15.0. The van der Waals surface area contributed by atoms with Crippen molar-refractivity contribution in [3.63, 3.8) is 0 Å². The first-order chi connectivity index (χ1) is 17.7. The van der Waals surface area contributed by atoms with Gasteiger partial charge in [-0.2, -0.15) is 0 Å². The monoisotopic (exact) mass is 492 g/mol. The molecule has 0 N–H and O–H groups in total. The second-order valence-electron chi connectivity index (χ2n) is 12.8. The fraction of sp³-hybridized carbons (Fsp3) is 0.750. The fourth-order valence-corrected chi connectivity index (χ4v) is 9.01. The third kappa shape index (κ3) is 4.07. The fourth-order valence-electron chi connectivity index (χ4n) is 9.01. The van der Waals surface area contributed by atoms with Gasteiger partial charge in [0.25, 0.3) is 0 Å². The molecular formula is C32H44O4. The minimum absolute atomic E-state index is 0.0713. The van der Waals surface area contributed by atoms with Gasteiger partial charge in [-0.15, -0.1) is 0 Å². The molecule has 2 heterocycles. The molecule has 0 bridgehead atoms. The van der Waals surface area contributed by atoms with E-state index in [9.17, 15) is 0 Å². The van der Waals surface area contributed by atoms with Gasteiger partial charge in [-0.3, -0.25) is 0 Å². The van der Waals surface area contributed by atoms with Crippen molar-refractivity contribution in [2.24, 2.45) is 23.2 Å². The van der Waals surface area contributed by atoms with Gasteiger partial charge in [0.2, 0.25) is 0 Å².